The summed E-state index contributed by atoms with van der Waals surface area (Å²) in [7, 11) is 0. The molecule has 2 aromatic rings. The van der Waals surface area contributed by atoms with Gasteiger partial charge in [0, 0.05) is 18.7 Å². The maximum absolute atomic E-state index is 5.34. The van der Waals surface area contributed by atoms with Crippen LogP contribution in [0.5, 0.6) is 0 Å². The summed E-state index contributed by atoms with van der Waals surface area (Å²) in [5.41, 5.74) is 3.63. The quantitative estimate of drug-likeness (QED) is 0.894. The molecule has 0 radical (unpaired) electrons. The Labute approximate surface area is 112 Å². The predicted molar refractivity (Wildman–Crippen MR) is 74.3 cm³/mol. The lowest BCUT2D eigenvalue weighted by Gasteiger charge is -2.25. The molecule has 1 saturated heterocycles. The van der Waals surface area contributed by atoms with Gasteiger partial charge in [0.05, 0.1) is 13.2 Å². The molecule has 1 aliphatic heterocycles. The number of hydrogen-bond donors (Lipinski definition) is 1. The Morgan fingerprint density at radius 1 is 1.21 bits per heavy atom. The van der Waals surface area contributed by atoms with Crippen LogP contribution in [0.2, 0.25) is 0 Å². The number of aromatic nitrogens is 3. The predicted octanol–water partition coefficient (Wildman–Crippen LogP) is 1.93. The van der Waals surface area contributed by atoms with E-state index >= 15 is 0 Å². The fourth-order valence-corrected chi connectivity index (χ4v) is 2.29. The molecule has 0 spiro atoms. The van der Waals surface area contributed by atoms with Crippen LogP contribution in [0.3, 0.4) is 0 Å². The molecule has 0 bridgehead atoms. The smallest absolute Gasteiger partial charge is 0.245 e. The minimum absolute atomic E-state index is 0.743. The summed E-state index contributed by atoms with van der Waals surface area (Å²) in [6, 6.07) is 6.23. The molecule has 0 atom stereocenters. The van der Waals surface area contributed by atoms with Crippen molar-refractivity contribution in [2.75, 3.05) is 31.2 Å². The monoisotopic (exact) mass is 258 g/mol. The lowest BCUT2D eigenvalue weighted by Crippen LogP contribution is -2.36. The van der Waals surface area contributed by atoms with Crippen LogP contribution in [-0.4, -0.2) is 41.5 Å². The van der Waals surface area contributed by atoms with Gasteiger partial charge in [0.1, 0.15) is 0 Å². The van der Waals surface area contributed by atoms with Gasteiger partial charge in [0.2, 0.25) is 5.95 Å². The van der Waals surface area contributed by atoms with Gasteiger partial charge in [-0.15, -0.1) is 5.10 Å². The molecule has 1 N–H and O–H groups in total. The first-order chi connectivity index (χ1) is 9.25. The second kappa shape index (κ2) is 5.01. The lowest BCUT2D eigenvalue weighted by molar-refractivity contribution is 0.122. The third-order valence-corrected chi connectivity index (χ3v) is 3.63. The van der Waals surface area contributed by atoms with Crippen LogP contribution in [0.15, 0.2) is 18.2 Å². The highest BCUT2D eigenvalue weighted by Gasteiger charge is 2.16. The van der Waals surface area contributed by atoms with E-state index in [1.54, 1.807) is 0 Å². The highest BCUT2D eigenvalue weighted by atomic mass is 16.5. The molecule has 0 aliphatic carbocycles. The Bertz CT molecular complexity index is 573. The standard InChI is InChI=1S/C14H18N4O/c1-10-4-3-5-12(11(10)2)13-15-14(17-16-13)18-6-8-19-9-7-18/h3-5H,6-9H2,1-2H3,(H,15,16,17). The number of rotatable bonds is 2. The highest BCUT2D eigenvalue weighted by molar-refractivity contribution is 5.62. The number of aryl methyl sites for hydroxylation is 1. The summed E-state index contributed by atoms with van der Waals surface area (Å²) in [4.78, 5) is 6.76. The molecule has 5 heteroatoms. The van der Waals surface area contributed by atoms with Crippen molar-refractivity contribution in [3.63, 3.8) is 0 Å². The number of nitrogens with one attached hydrogen (secondary N) is 1. The van der Waals surface area contributed by atoms with E-state index in [4.69, 9.17) is 4.74 Å². The summed E-state index contributed by atoms with van der Waals surface area (Å²) in [5.74, 6) is 1.60. The van der Waals surface area contributed by atoms with E-state index in [1.807, 2.05) is 0 Å². The molecule has 100 valence electrons. The van der Waals surface area contributed by atoms with E-state index in [2.05, 4.69) is 52.1 Å². The van der Waals surface area contributed by atoms with Crippen LogP contribution < -0.4 is 4.90 Å². The number of ether oxygens (including phenoxy) is 1. The SMILES string of the molecule is Cc1cccc(-c2nc(N3CCOCC3)n[nH]2)c1C. The van der Waals surface area contributed by atoms with Gasteiger partial charge in [-0.2, -0.15) is 4.98 Å². The number of benzene rings is 1. The fraction of sp³-hybridized carbons (Fsp3) is 0.429. The Kier molecular flexibility index (Phi) is 3.21. The summed E-state index contributed by atoms with van der Waals surface area (Å²) < 4.78 is 5.34. The first kappa shape index (κ1) is 12.2. The largest absolute Gasteiger partial charge is 0.378 e. The van der Waals surface area contributed by atoms with Crippen molar-refractivity contribution in [2.24, 2.45) is 0 Å². The molecule has 19 heavy (non-hydrogen) atoms. The summed E-state index contributed by atoms with van der Waals surface area (Å²) in [6.07, 6.45) is 0. The minimum Gasteiger partial charge on any atom is -0.378 e. The molecule has 5 nitrogen and oxygen atoms in total. The van der Waals surface area contributed by atoms with Crippen molar-refractivity contribution in [3.05, 3.63) is 29.3 Å². The van der Waals surface area contributed by atoms with Gasteiger partial charge < -0.3 is 9.64 Å². The highest BCUT2D eigenvalue weighted by Crippen LogP contribution is 2.23. The molecule has 2 heterocycles. The third-order valence-electron chi connectivity index (χ3n) is 3.63. The number of hydrogen-bond acceptors (Lipinski definition) is 4. The van der Waals surface area contributed by atoms with Crippen molar-refractivity contribution in [1.29, 1.82) is 0 Å². The molecular weight excluding hydrogens is 240 g/mol. The molecule has 1 aliphatic rings. The minimum atomic E-state index is 0.743. The van der Waals surface area contributed by atoms with Crippen LogP contribution in [0.4, 0.5) is 5.95 Å². The van der Waals surface area contributed by atoms with E-state index in [1.165, 1.54) is 11.1 Å². The molecule has 0 saturated carbocycles. The number of aromatic amines is 1. The van der Waals surface area contributed by atoms with Crippen molar-refractivity contribution in [3.8, 4) is 11.4 Å². The third kappa shape index (κ3) is 2.33. The number of H-pyrrole nitrogens is 1. The second-order valence-corrected chi connectivity index (χ2v) is 4.83. The van der Waals surface area contributed by atoms with Crippen LogP contribution in [-0.2, 0) is 4.74 Å². The van der Waals surface area contributed by atoms with E-state index in [0.29, 0.717) is 0 Å². The number of morpholine rings is 1. The van der Waals surface area contributed by atoms with Crippen molar-refractivity contribution in [1.82, 2.24) is 15.2 Å². The Balaban J connectivity index is 1.90. The molecule has 0 unspecified atom stereocenters. The van der Waals surface area contributed by atoms with Crippen molar-refractivity contribution < 1.29 is 4.74 Å². The maximum atomic E-state index is 5.34. The van der Waals surface area contributed by atoms with E-state index in [9.17, 15) is 0 Å². The van der Waals surface area contributed by atoms with Gasteiger partial charge in [-0.05, 0) is 25.0 Å². The Hall–Kier alpha value is -1.88. The molecule has 0 amide bonds. The second-order valence-electron chi connectivity index (χ2n) is 4.83. The van der Waals surface area contributed by atoms with Crippen LogP contribution in [0.1, 0.15) is 11.1 Å². The molecule has 1 aromatic carbocycles. The lowest BCUT2D eigenvalue weighted by atomic mass is 10.0. The molecule has 1 fully saturated rings. The van der Waals surface area contributed by atoms with Crippen molar-refractivity contribution in [2.45, 2.75) is 13.8 Å². The van der Waals surface area contributed by atoms with E-state index in [-0.39, 0.29) is 0 Å². The zero-order valence-corrected chi connectivity index (χ0v) is 11.3. The fourth-order valence-electron chi connectivity index (χ4n) is 2.29. The Morgan fingerprint density at radius 3 is 2.79 bits per heavy atom. The van der Waals surface area contributed by atoms with Crippen LogP contribution >= 0.6 is 0 Å². The average Bonchev–Trinajstić information content (AvgIpc) is 2.92. The normalized spacial score (nSPS) is 15.8. The van der Waals surface area contributed by atoms with Gasteiger partial charge in [-0.1, -0.05) is 18.2 Å². The van der Waals surface area contributed by atoms with Gasteiger partial charge >= 0.3 is 0 Å². The molecule has 1 aromatic heterocycles. The summed E-state index contributed by atoms with van der Waals surface area (Å²) in [6.45, 7) is 7.41. The number of nitrogens with zero attached hydrogens (tertiary/aromatic N) is 3. The summed E-state index contributed by atoms with van der Waals surface area (Å²) >= 11 is 0. The first-order valence-corrected chi connectivity index (χ1v) is 6.57. The van der Waals surface area contributed by atoms with Gasteiger partial charge in [0.25, 0.3) is 0 Å². The van der Waals surface area contributed by atoms with Crippen LogP contribution in [0.25, 0.3) is 11.4 Å². The van der Waals surface area contributed by atoms with Gasteiger partial charge in [0.15, 0.2) is 5.82 Å². The Morgan fingerprint density at radius 2 is 2.00 bits per heavy atom. The zero-order valence-electron chi connectivity index (χ0n) is 11.3. The first-order valence-electron chi connectivity index (χ1n) is 6.57. The summed E-state index contributed by atoms with van der Waals surface area (Å²) in [5, 5.41) is 7.37. The van der Waals surface area contributed by atoms with Gasteiger partial charge in [-0.25, -0.2) is 0 Å². The van der Waals surface area contributed by atoms with Gasteiger partial charge in [-0.3, -0.25) is 5.10 Å². The van der Waals surface area contributed by atoms with E-state index in [0.717, 1.165) is 43.6 Å². The zero-order chi connectivity index (χ0) is 13.2. The maximum Gasteiger partial charge on any atom is 0.245 e. The number of anilines is 1. The van der Waals surface area contributed by atoms with E-state index < -0.39 is 0 Å². The van der Waals surface area contributed by atoms with Crippen LogP contribution in [0, 0.1) is 13.8 Å². The molecule has 3 rings (SSSR count). The topological polar surface area (TPSA) is 54.0 Å². The van der Waals surface area contributed by atoms with Crippen molar-refractivity contribution >= 4 is 5.95 Å². The molecular formula is C14H18N4O. The average molecular weight is 258 g/mol.